The Labute approximate surface area is 157 Å². The number of amides is 2. The van der Waals surface area contributed by atoms with Gasteiger partial charge in [0.1, 0.15) is 0 Å². The standard InChI is InChI=1S/C18H21N3O2S.ClH/c22-17(20-10-8-13-7-9-19-12-13)14-4-1-2-5-15(14)21-18(23)16-6-3-11-24-16;/h1-6,11,13,19H,7-10,12H2,(H,20,22)(H,21,23);1H. The van der Waals surface area contributed by atoms with E-state index in [-0.39, 0.29) is 24.2 Å². The summed E-state index contributed by atoms with van der Waals surface area (Å²) in [5.74, 6) is 0.296. The lowest BCUT2D eigenvalue weighted by Crippen LogP contribution is -2.27. The highest BCUT2D eigenvalue weighted by molar-refractivity contribution is 7.12. The van der Waals surface area contributed by atoms with E-state index in [1.807, 2.05) is 17.5 Å². The van der Waals surface area contributed by atoms with Gasteiger partial charge in [0.05, 0.1) is 16.1 Å². The molecule has 134 valence electrons. The second-order valence-electron chi connectivity index (χ2n) is 5.88. The van der Waals surface area contributed by atoms with Crippen molar-refractivity contribution in [2.24, 2.45) is 5.92 Å². The van der Waals surface area contributed by atoms with E-state index < -0.39 is 0 Å². The van der Waals surface area contributed by atoms with E-state index in [0.717, 1.165) is 19.5 Å². The van der Waals surface area contributed by atoms with E-state index in [1.54, 1.807) is 24.3 Å². The lowest BCUT2D eigenvalue weighted by molar-refractivity contribution is 0.0952. The fraction of sp³-hybridized carbons (Fsp3) is 0.333. The smallest absolute Gasteiger partial charge is 0.265 e. The number of hydrogen-bond acceptors (Lipinski definition) is 4. The normalized spacial score (nSPS) is 16.1. The van der Waals surface area contributed by atoms with Gasteiger partial charge in [-0.2, -0.15) is 0 Å². The Kier molecular flexibility index (Phi) is 7.43. The van der Waals surface area contributed by atoms with Crippen LogP contribution in [0.15, 0.2) is 41.8 Å². The van der Waals surface area contributed by atoms with E-state index in [4.69, 9.17) is 0 Å². The second kappa shape index (κ2) is 9.56. The van der Waals surface area contributed by atoms with E-state index in [2.05, 4.69) is 16.0 Å². The largest absolute Gasteiger partial charge is 0.352 e. The van der Waals surface area contributed by atoms with Crippen molar-refractivity contribution in [3.05, 3.63) is 52.2 Å². The van der Waals surface area contributed by atoms with Gasteiger partial charge in [-0.05, 0) is 55.4 Å². The van der Waals surface area contributed by atoms with Gasteiger partial charge in [-0.3, -0.25) is 9.59 Å². The first-order valence-corrected chi connectivity index (χ1v) is 9.05. The zero-order chi connectivity index (χ0) is 16.8. The molecule has 1 fully saturated rings. The van der Waals surface area contributed by atoms with Crippen LogP contribution in [-0.4, -0.2) is 31.4 Å². The SMILES string of the molecule is Cl.O=C(Nc1ccccc1C(=O)NCCC1CCNC1)c1cccs1. The number of thiophene rings is 1. The number of carbonyl (C=O) groups is 2. The van der Waals surface area contributed by atoms with Crippen molar-refractivity contribution in [2.45, 2.75) is 12.8 Å². The zero-order valence-corrected chi connectivity index (χ0v) is 15.4. The third kappa shape index (κ3) is 5.29. The van der Waals surface area contributed by atoms with Gasteiger partial charge < -0.3 is 16.0 Å². The first-order chi connectivity index (χ1) is 11.7. The zero-order valence-electron chi connectivity index (χ0n) is 13.8. The van der Waals surface area contributed by atoms with Crippen LogP contribution in [0, 0.1) is 5.92 Å². The van der Waals surface area contributed by atoms with Crippen LogP contribution in [0.25, 0.3) is 0 Å². The molecule has 0 spiro atoms. The molecule has 1 aliphatic heterocycles. The average Bonchev–Trinajstić information content (AvgIpc) is 3.29. The van der Waals surface area contributed by atoms with Crippen LogP contribution in [-0.2, 0) is 0 Å². The molecular formula is C18H22ClN3O2S. The van der Waals surface area contributed by atoms with Crippen LogP contribution in [0.4, 0.5) is 5.69 Å². The van der Waals surface area contributed by atoms with Gasteiger partial charge in [-0.25, -0.2) is 0 Å². The Hall–Kier alpha value is -1.89. The molecule has 1 saturated heterocycles. The van der Waals surface area contributed by atoms with Gasteiger partial charge >= 0.3 is 0 Å². The van der Waals surface area contributed by atoms with E-state index in [9.17, 15) is 9.59 Å². The summed E-state index contributed by atoms with van der Waals surface area (Å²) in [6.07, 6.45) is 2.14. The number of benzene rings is 1. The third-order valence-electron chi connectivity index (χ3n) is 4.17. The van der Waals surface area contributed by atoms with Gasteiger partial charge in [0.25, 0.3) is 11.8 Å². The predicted molar refractivity (Wildman–Crippen MR) is 104 cm³/mol. The molecule has 2 aromatic rings. The van der Waals surface area contributed by atoms with Crippen LogP contribution >= 0.6 is 23.7 Å². The molecule has 0 bridgehead atoms. The summed E-state index contributed by atoms with van der Waals surface area (Å²) in [7, 11) is 0. The van der Waals surface area contributed by atoms with Gasteiger partial charge in [0, 0.05) is 6.54 Å². The van der Waals surface area contributed by atoms with Crippen molar-refractivity contribution in [1.82, 2.24) is 10.6 Å². The fourth-order valence-corrected chi connectivity index (χ4v) is 3.45. The molecule has 2 heterocycles. The monoisotopic (exact) mass is 379 g/mol. The average molecular weight is 380 g/mol. The number of anilines is 1. The van der Waals surface area contributed by atoms with Crippen molar-refractivity contribution in [3.8, 4) is 0 Å². The topological polar surface area (TPSA) is 70.2 Å². The number of para-hydroxylation sites is 1. The lowest BCUT2D eigenvalue weighted by Gasteiger charge is -2.12. The summed E-state index contributed by atoms with van der Waals surface area (Å²) in [4.78, 5) is 25.3. The molecule has 2 amide bonds. The maximum absolute atomic E-state index is 12.4. The second-order valence-corrected chi connectivity index (χ2v) is 6.83. The van der Waals surface area contributed by atoms with E-state index in [0.29, 0.717) is 28.6 Å². The van der Waals surface area contributed by atoms with Crippen molar-refractivity contribution in [1.29, 1.82) is 0 Å². The summed E-state index contributed by atoms with van der Waals surface area (Å²) in [5.41, 5.74) is 1.03. The minimum atomic E-state index is -0.192. The summed E-state index contributed by atoms with van der Waals surface area (Å²) in [5, 5.41) is 11.0. The molecule has 1 aromatic carbocycles. The predicted octanol–water partition coefficient (Wildman–Crippen LogP) is 3.15. The van der Waals surface area contributed by atoms with Crippen molar-refractivity contribution in [2.75, 3.05) is 25.0 Å². The highest BCUT2D eigenvalue weighted by Gasteiger charge is 2.16. The van der Waals surface area contributed by atoms with Gasteiger partial charge in [0.2, 0.25) is 0 Å². The summed E-state index contributed by atoms with van der Waals surface area (Å²) < 4.78 is 0. The quantitative estimate of drug-likeness (QED) is 0.722. The molecule has 3 rings (SSSR count). The van der Waals surface area contributed by atoms with Gasteiger partial charge in [-0.15, -0.1) is 23.7 Å². The number of hydrogen-bond donors (Lipinski definition) is 3. The highest BCUT2D eigenvalue weighted by atomic mass is 35.5. The maximum Gasteiger partial charge on any atom is 0.265 e. The van der Waals surface area contributed by atoms with Crippen LogP contribution in [0.5, 0.6) is 0 Å². The summed E-state index contributed by atoms with van der Waals surface area (Å²) in [6.45, 7) is 2.75. The Morgan fingerprint density at radius 3 is 2.72 bits per heavy atom. The molecule has 5 nitrogen and oxygen atoms in total. The molecule has 0 aliphatic carbocycles. The molecule has 0 saturated carbocycles. The molecule has 1 atom stereocenters. The first kappa shape index (κ1) is 19.4. The van der Waals surface area contributed by atoms with E-state index >= 15 is 0 Å². The van der Waals surface area contributed by atoms with Crippen LogP contribution < -0.4 is 16.0 Å². The molecule has 3 N–H and O–H groups in total. The molecule has 25 heavy (non-hydrogen) atoms. The Bertz CT molecular complexity index is 700. The minimum absolute atomic E-state index is 0. The number of rotatable bonds is 6. The maximum atomic E-state index is 12.4. The minimum Gasteiger partial charge on any atom is -0.352 e. The van der Waals surface area contributed by atoms with E-state index in [1.165, 1.54) is 17.8 Å². The molecule has 1 unspecified atom stereocenters. The Morgan fingerprint density at radius 2 is 2.00 bits per heavy atom. The third-order valence-corrected chi connectivity index (χ3v) is 5.03. The fourth-order valence-electron chi connectivity index (χ4n) is 2.83. The van der Waals surface area contributed by atoms with Crippen molar-refractivity contribution >= 4 is 41.2 Å². The highest BCUT2D eigenvalue weighted by Crippen LogP contribution is 2.18. The number of halogens is 1. The molecule has 0 radical (unpaired) electrons. The van der Waals surface area contributed by atoms with Gasteiger partial charge in [0.15, 0.2) is 0 Å². The first-order valence-electron chi connectivity index (χ1n) is 8.17. The van der Waals surface area contributed by atoms with Crippen LogP contribution in [0.1, 0.15) is 32.9 Å². The molecule has 1 aromatic heterocycles. The van der Waals surface area contributed by atoms with Crippen LogP contribution in [0.2, 0.25) is 0 Å². The van der Waals surface area contributed by atoms with Gasteiger partial charge in [-0.1, -0.05) is 18.2 Å². The molecular weight excluding hydrogens is 358 g/mol. The Morgan fingerprint density at radius 1 is 1.16 bits per heavy atom. The van der Waals surface area contributed by atoms with Crippen LogP contribution in [0.3, 0.4) is 0 Å². The summed E-state index contributed by atoms with van der Waals surface area (Å²) >= 11 is 1.37. The molecule has 1 aliphatic rings. The Balaban J connectivity index is 0.00000225. The summed E-state index contributed by atoms with van der Waals surface area (Å²) in [6, 6.07) is 10.7. The lowest BCUT2D eigenvalue weighted by atomic mass is 10.1. The number of carbonyl (C=O) groups excluding carboxylic acids is 2. The molecule has 7 heteroatoms. The van der Waals surface area contributed by atoms with Crippen molar-refractivity contribution in [3.63, 3.8) is 0 Å². The van der Waals surface area contributed by atoms with Crippen molar-refractivity contribution < 1.29 is 9.59 Å². The number of nitrogens with one attached hydrogen (secondary N) is 3.